The van der Waals surface area contributed by atoms with Crippen molar-refractivity contribution in [2.24, 2.45) is 0 Å². The SMILES string of the molecule is Nc1ccc(Oc2cccc(I)c2)cc1N. The number of nitrogens with two attached hydrogens (primary N) is 2. The minimum atomic E-state index is 0.531. The molecule has 3 nitrogen and oxygen atoms in total. The van der Waals surface area contributed by atoms with Gasteiger partial charge in [0, 0.05) is 9.64 Å². The third-order valence-electron chi connectivity index (χ3n) is 2.09. The first kappa shape index (κ1) is 11.1. The van der Waals surface area contributed by atoms with Gasteiger partial charge in [-0.05, 0) is 52.9 Å². The molecule has 0 atom stereocenters. The Balaban J connectivity index is 2.24. The smallest absolute Gasteiger partial charge is 0.129 e. The third-order valence-corrected chi connectivity index (χ3v) is 2.76. The number of nitrogen functional groups attached to an aromatic ring is 2. The van der Waals surface area contributed by atoms with Crippen LogP contribution in [0.2, 0.25) is 0 Å². The highest BCUT2D eigenvalue weighted by atomic mass is 127. The van der Waals surface area contributed by atoms with Crippen LogP contribution in [-0.4, -0.2) is 0 Å². The Morgan fingerprint density at radius 2 is 1.62 bits per heavy atom. The van der Waals surface area contributed by atoms with Gasteiger partial charge in [0.05, 0.1) is 11.4 Å². The molecule has 0 saturated heterocycles. The van der Waals surface area contributed by atoms with Crippen molar-refractivity contribution in [1.82, 2.24) is 0 Å². The molecule has 0 bridgehead atoms. The van der Waals surface area contributed by atoms with E-state index in [1.807, 2.05) is 24.3 Å². The summed E-state index contributed by atoms with van der Waals surface area (Å²) in [6.45, 7) is 0. The van der Waals surface area contributed by atoms with Crippen LogP contribution >= 0.6 is 22.6 Å². The van der Waals surface area contributed by atoms with E-state index in [0.717, 1.165) is 9.32 Å². The zero-order chi connectivity index (χ0) is 11.5. The van der Waals surface area contributed by atoms with Crippen LogP contribution in [0.25, 0.3) is 0 Å². The average Bonchev–Trinajstić information content (AvgIpc) is 2.24. The summed E-state index contributed by atoms with van der Waals surface area (Å²) < 4.78 is 6.78. The van der Waals surface area contributed by atoms with Gasteiger partial charge in [-0.1, -0.05) is 6.07 Å². The maximum absolute atomic E-state index is 5.70. The van der Waals surface area contributed by atoms with Crippen LogP contribution in [0, 0.1) is 3.57 Å². The molecule has 2 rings (SSSR count). The highest BCUT2D eigenvalue weighted by Gasteiger charge is 2.00. The summed E-state index contributed by atoms with van der Waals surface area (Å²) in [6, 6.07) is 13.0. The molecule has 0 aliphatic heterocycles. The van der Waals surface area contributed by atoms with Gasteiger partial charge in [-0.2, -0.15) is 0 Å². The summed E-state index contributed by atoms with van der Waals surface area (Å²) in [5.74, 6) is 1.48. The molecule has 2 aromatic rings. The molecule has 0 aliphatic rings. The monoisotopic (exact) mass is 326 g/mol. The molecule has 0 saturated carbocycles. The van der Waals surface area contributed by atoms with E-state index in [0.29, 0.717) is 17.1 Å². The number of anilines is 2. The van der Waals surface area contributed by atoms with Gasteiger partial charge >= 0.3 is 0 Å². The molecule has 16 heavy (non-hydrogen) atoms. The van der Waals surface area contributed by atoms with Gasteiger partial charge in [0.15, 0.2) is 0 Å². The van der Waals surface area contributed by atoms with Crippen LogP contribution in [0.5, 0.6) is 11.5 Å². The highest BCUT2D eigenvalue weighted by Crippen LogP contribution is 2.27. The Morgan fingerprint density at radius 3 is 2.31 bits per heavy atom. The fraction of sp³-hybridized carbons (Fsp3) is 0. The molecule has 4 N–H and O–H groups in total. The van der Waals surface area contributed by atoms with Crippen LogP contribution in [0.4, 0.5) is 11.4 Å². The largest absolute Gasteiger partial charge is 0.457 e. The van der Waals surface area contributed by atoms with E-state index >= 15 is 0 Å². The van der Waals surface area contributed by atoms with Gasteiger partial charge in [-0.3, -0.25) is 0 Å². The summed E-state index contributed by atoms with van der Waals surface area (Å²) in [5.41, 5.74) is 12.4. The lowest BCUT2D eigenvalue weighted by Crippen LogP contribution is -1.94. The summed E-state index contributed by atoms with van der Waals surface area (Å²) in [5, 5.41) is 0. The van der Waals surface area contributed by atoms with E-state index in [2.05, 4.69) is 22.6 Å². The minimum Gasteiger partial charge on any atom is -0.457 e. The third kappa shape index (κ3) is 2.57. The van der Waals surface area contributed by atoms with E-state index in [-0.39, 0.29) is 0 Å². The zero-order valence-electron chi connectivity index (χ0n) is 8.48. The topological polar surface area (TPSA) is 61.3 Å². The maximum atomic E-state index is 5.70. The van der Waals surface area contributed by atoms with Gasteiger partial charge in [0.1, 0.15) is 11.5 Å². The number of hydrogen-bond donors (Lipinski definition) is 2. The first-order valence-corrected chi connectivity index (χ1v) is 5.81. The van der Waals surface area contributed by atoms with Crippen molar-refractivity contribution in [3.8, 4) is 11.5 Å². The van der Waals surface area contributed by atoms with E-state index in [9.17, 15) is 0 Å². The Morgan fingerprint density at radius 1 is 0.875 bits per heavy atom. The molecule has 2 aromatic carbocycles. The molecule has 0 unspecified atom stereocenters. The molecule has 0 radical (unpaired) electrons. The Kier molecular flexibility index (Phi) is 3.19. The number of benzene rings is 2. The van der Waals surface area contributed by atoms with Crippen LogP contribution in [0.1, 0.15) is 0 Å². The molecule has 82 valence electrons. The van der Waals surface area contributed by atoms with Crippen molar-refractivity contribution >= 4 is 34.0 Å². The van der Waals surface area contributed by atoms with E-state index < -0.39 is 0 Å². The van der Waals surface area contributed by atoms with Crippen LogP contribution in [-0.2, 0) is 0 Å². The molecular weight excluding hydrogens is 315 g/mol. The number of hydrogen-bond acceptors (Lipinski definition) is 3. The highest BCUT2D eigenvalue weighted by molar-refractivity contribution is 14.1. The van der Waals surface area contributed by atoms with Crippen molar-refractivity contribution in [2.75, 3.05) is 11.5 Å². The van der Waals surface area contributed by atoms with Gasteiger partial charge in [0.25, 0.3) is 0 Å². The Labute approximate surface area is 108 Å². The lowest BCUT2D eigenvalue weighted by Gasteiger charge is -2.07. The fourth-order valence-electron chi connectivity index (χ4n) is 1.28. The molecule has 0 aliphatic carbocycles. The zero-order valence-corrected chi connectivity index (χ0v) is 10.6. The van der Waals surface area contributed by atoms with Crippen molar-refractivity contribution in [1.29, 1.82) is 0 Å². The fourth-order valence-corrected chi connectivity index (χ4v) is 1.80. The first-order chi connectivity index (χ1) is 7.65. The maximum Gasteiger partial charge on any atom is 0.129 e. The molecule has 0 aromatic heterocycles. The summed E-state index contributed by atoms with van der Waals surface area (Å²) in [6.07, 6.45) is 0. The van der Waals surface area contributed by atoms with Gasteiger partial charge in [-0.15, -0.1) is 0 Å². The number of halogens is 1. The molecule has 4 heteroatoms. The quantitative estimate of drug-likeness (QED) is 0.658. The lowest BCUT2D eigenvalue weighted by atomic mass is 10.2. The average molecular weight is 326 g/mol. The normalized spacial score (nSPS) is 10.1. The van der Waals surface area contributed by atoms with Crippen LogP contribution in [0.3, 0.4) is 0 Å². The second-order valence-electron chi connectivity index (χ2n) is 3.35. The van der Waals surface area contributed by atoms with Crippen molar-refractivity contribution in [3.05, 3.63) is 46.0 Å². The van der Waals surface area contributed by atoms with Crippen LogP contribution in [0.15, 0.2) is 42.5 Å². The number of ether oxygens (including phenoxy) is 1. The standard InChI is InChI=1S/C12H11IN2O/c13-8-2-1-3-9(6-8)16-10-4-5-11(14)12(15)7-10/h1-7H,14-15H2. The van der Waals surface area contributed by atoms with E-state index in [1.54, 1.807) is 18.2 Å². The second-order valence-corrected chi connectivity index (χ2v) is 4.60. The van der Waals surface area contributed by atoms with Crippen LogP contribution < -0.4 is 16.2 Å². The molecule has 0 spiro atoms. The lowest BCUT2D eigenvalue weighted by molar-refractivity contribution is 0.482. The van der Waals surface area contributed by atoms with Crippen molar-refractivity contribution < 1.29 is 4.74 Å². The minimum absolute atomic E-state index is 0.531. The predicted octanol–water partition coefficient (Wildman–Crippen LogP) is 3.25. The van der Waals surface area contributed by atoms with Gasteiger partial charge in [-0.25, -0.2) is 0 Å². The van der Waals surface area contributed by atoms with Crippen molar-refractivity contribution in [3.63, 3.8) is 0 Å². The van der Waals surface area contributed by atoms with E-state index in [1.165, 1.54) is 0 Å². The predicted molar refractivity (Wildman–Crippen MR) is 74.5 cm³/mol. The second kappa shape index (κ2) is 4.61. The first-order valence-electron chi connectivity index (χ1n) is 4.73. The molecule has 0 fully saturated rings. The number of rotatable bonds is 2. The molecule has 0 heterocycles. The summed E-state index contributed by atoms with van der Waals surface area (Å²) in [7, 11) is 0. The van der Waals surface area contributed by atoms with Gasteiger partial charge in [0.2, 0.25) is 0 Å². The Hall–Kier alpha value is -1.43. The summed E-state index contributed by atoms with van der Waals surface area (Å²) >= 11 is 2.24. The summed E-state index contributed by atoms with van der Waals surface area (Å²) in [4.78, 5) is 0. The Bertz CT molecular complexity index is 514. The molecular formula is C12H11IN2O. The van der Waals surface area contributed by atoms with Crippen molar-refractivity contribution in [2.45, 2.75) is 0 Å². The van der Waals surface area contributed by atoms with Gasteiger partial charge < -0.3 is 16.2 Å². The molecule has 0 amide bonds. The van der Waals surface area contributed by atoms with E-state index in [4.69, 9.17) is 16.2 Å².